The normalized spacial score (nSPS) is 13.5. The average Bonchev–Trinajstić information content (AvgIpc) is 2.62. The van der Waals surface area contributed by atoms with Gasteiger partial charge in [-0.15, -0.1) is 0 Å². The van der Waals surface area contributed by atoms with Crippen LogP contribution in [0.25, 0.3) is 0 Å². The Bertz CT molecular complexity index is 902. The number of carbonyl (C=O) groups is 3. The molecule has 126 valence electrons. The number of aliphatic carboxylic acids is 1. The smallest absolute Gasteiger partial charge is 0.341 e. The number of anilines is 1. The van der Waals surface area contributed by atoms with E-state index in [4.69, 9.17) is 21.4 Å². The summed E-state index contributed by atoms with van der Waals surface area (Å²) in [7, 11) is 0. The summed E-state index contributed by atoms with van der Waals surface area (Å²) in [5.41, 5.74) is 1.09. The molecule has 6 nitrogen and oxygen atoms in total. The fourth-order valence-electron chi connectivity index (χ4n) is 2.38. The van der Waals surface area contributed by atoms with Crippen LogP contribution in [0.5, 0.6) is 5.75 Å². The lowest BCUT2D eigenvalue weighted by Crippen LogP contribution is -2.24. The molecule has 0 radical (unpaired) electrons. The first-order valence-corrected chi connectivity index (χ1v) is 7.65. The highest BCUT2D eigenvalue weighted by Crippen LogP contribution is 2.29. The molecule has 0 fully saturated rings. The van der Waals surface area contributed by atoms with E-state index in [0.717, 1.165) is 0 Å². The van der Waals surface area contributed by atoms with Gasteiger partial charge in [0, 0.05) is 16.8 Å². The lowest BCUT2D eigenvalue weighted by molar-refractivity contribution is -0.139. The Morgan fingerprint density at radius 2 is 1.60 bits per heavy atom. The molecule has 0 saturated carbocycles. The largest absolute Gasteiger partial charge is 0.482 e. The number of benzene rings is 2. The highest BCUT2D eigenvalue weighted by molar-refractivity contribution is 6.50. The van der Waals surface area contributed by atoms with Crippen LogP contribution in [0.4, 0.5) is 5.69 Å². The lowest BCUT2D eigenvalue weighted by Gasteiger charge is -2.19. The molecule has 1 aliphatic carbocycles. The first-order chi connectivity index (χ1) is 12.0. The van der Waals surface area contributed by atoms with Gasteiger partial charge < -0.3 is 15.2 Å². The Balaban J connectivity index is 1.83. The molecule has 0 aromatic heterocycles. The fraction of sp³-hybridized carbons (Fsp3) is 0.0556. The number of ether oxygens (including phenoxy) is 1. The monoisotopic (exact) mass is 357 g/mol. The van der Waals surface area contributed by atoms with Crippen molar-refractivity contribution in [3.05, 3.63) is 70.4 Å². The van der Waals surface area contributed by atoms with E-state index >= 15 is 0 Å². The third-order valence-electron chi connectivity index (χ3n) is 3.55. The Kier molecular flexibility index (Phi) is 4.54. The van der Waals surface area contributed by atoms with Crippen LogP contribution >= 0.6 is 11.6 Å². The number of fused-ring (bicyclic) bond motifs is 1. The van der Waals surface area contributed by atoms with Crippen LogP contribution in [0.3, 0.4) is 0 Å². The minimum absolute atomic E-state index is 0.00423. The number of halogens is 1. The quantitative estimate of drug-likeness (QED) is 0.854. The van der Waals surface area contributed by atoms with Crippen molar-refractivity contribution in [3.8, 4) is 5.75 Å². The number of hydrogen-bond donors (Lipinski definition) is 2. The molecule has 0 bridgehead atoms. The zero-order chi connectivity index (χ0) is 18.0. The number of ketones is 2. The van der Waals surface area contributed by atoms with Gasteiger partial charge in [-0.3, -0.25) is 9.59 Å². The summed E-state index contributed by atoms with van der Waals surface area (Å²) in [5, 5.41) is 11.3. The molecule has 0 spiro atoms. The van der Waals surface area contributed by atoms with Crippen molar-refractivity contribution >= 4 is 34.8 Å². The Hall–Kier alpha value is -3.12. The van der Waals surface area contributed by atoms with Gasteiger partial charge in [-0.1, -0.05) is 35.9 Å². The van der Waals surface area contributed by atoms with E-state index in [0.29, 0.717) is 17.0 Å². The number of carbonyl (C=O) groups excluding carboxylic acids is 2. The van der Waals surface area contributed by atoms with E-state index in [9.17, 15) is 14.4 Å². The molecule has 2 N–H and O–H groups in total. The predicted molar refractivity (Wildman–Crippen MR) is 91.2 cm³/mol. The molecule has 0 saturated heterocycles. The van der Waals surface area contributed by atoms with Crippen molar-refractivity contribution in [1.82, 2.24) is 0 Å². The SMILES string of the molecule is O=C(O)COc1ccc(NC2=C(Cl)C(=O)c3ccccc3C2=O)cc1. The topological polar surface area (TPSA) is 92.7 Å². The number of carboxylic acids is 1. The summed E-state index contributed by atoms with van der Waals surface area (Å²) in [6, 6.07) is 12.7. The van der Waals surface area contributed by atoms with E-state index in [1.54, 1.807) is 48.5 Å². The Labute approximate surface area is 147 Å². The second-order valence-corrected chi connectivity index (χ2v) is 5.60. The molecule has 25 heavy (non-hydrogen) atoms. The van der Waals surface area contributed by atoms with Gasteiger partial charge >= 0.3 is 5.97 Å². The third-order valence-corrected chi connectivity index (χ3v) is 3.91. The number of carboxylic acid groups (broad SMARTS) is 1. The average molecular weight is 358 g/mol. The number of Topliss-reactive ketones (excluding diaryl/α,β-unsaturated/α-hetero) is 2. The van der Waals surface area contributed by atoms with Crippen molar-refractivity contribution in [1.29, 1.82) is 0 Å². The van der Waals surface area contributed by atoms with Gasteiger partial charge in [0.05, 0.1) is 0 Å². The van der Waals surface area contributed by atoms with Crippen molar-refractivity contribution < 1.29 is 24.2 Å². The summed E-state index contributed by atoms with van der Waals surface area (Å²) in [4.78, 5) is 35.4. The molecule has 0 atom stereocenters. The van der Waals surface area contributed by atoms with Crippen molar-refractivity contribution in [2.45, 2.75) is 0 Å². The van der Waals surface area contributed by atoms with Crippen LogP contribution in [-0.4, -0.2) is 29.2 Å². The molecule has 3 rings (SSSR count). The summed E-state index contributed by atoms with van der Waals surface area (Å²) in [5.74, 6) is -1.50. The lowest BCUT2D eigenvalue weighted by atomic mass is 9.92. The first kappa shape index (κ1) is 16.7. The molecule has 2 aromatic rings. The van der Waals surface area contributed by atoms with Gasteiger partial charge in [-0.05, 0) is 24.3 Å². The number of hydrogen-bond acceptors (Lipinski definition) is 5. The van der Waals surface area contributed by atoms with E-state index in [-0.39, 0.29) is 22.1 Å². The first-order valence-electron chi connectivity index (χ1n) is 7.27. The zero-order valence-electron chi connectivity index (χ0n) is 12.8. The molecular weight excluding hydrogens is 346 g/mol. The maximum atomic E-state index is 12.6. The van der Waals surface area contributed by atoms with Crippen LogP contribution in [0.2, 0.25) is 0 Å². The second kappa shape index (κ2) is 6.78. The van der Waals surface area contributed by atoms with Gasteiger partial charge in [0.2, 0.25) is 11.6 Å². The highest BCUT2D eigenvalue weighted by atomic mass is 35.5. The van der Waals surface area contributed by atoms with Crippen LogP contribution < -0.4 is 10.1 Å². The molecule has 1 aliphatic rings. The van der Waals surface area contributed by atoms with Gasteiger partial charge in [0.1, 0.15) is 16.5 Å². The van der Waals surface area contributed by atoms with E-state index in [1.165, 1.54) is 0 Å². The number of nitrogens with one attached hydrogen (secondary N) is 1. The van der Waals surface area contributed by atoms with E-state index < -0.39 is 18.4 Å². The minimum Gasteiger partial charge on any atom is -0.482 e. The van der Waals surface area contributed by atoms with Gasteiger partial charge in [-0.2, -0.15) is 0 Å². The summed E-state index contributed by atoms with van der Waals surface area (Å²) < 4.78 is 5.03. The number of rotatable bonds is 5. The van der Waals surface area contributed by atoms with Gasteiger partial charge in [-0.25, -0.2) is 4.79 Å². The Morgan fingerprint density at radius 3 is 2.20 bits per heavy atom. The molecule has 7 heteroatoms. The van der Waals surface area contributed by atoms with E-state index in [1.807, 2.05) is 0 Å². The van der Waals surface area contributed by atoms with Crippen LogP contribution in [0.1, 0.15) is 20.7 Å². The standard InChI is InChI=1S/C18H12ClNO5/c19-15-16(18(24)13-4-2-1-3-12(13)17(15)23)20-10-5-7-11(8-6-10)25-9-14(21)22/h1-8,20H,9H2,(H,21,22). The van der Waals surface area contributed by atoms with E-state index in [2.05, 4.69) is 5.32 Å². The van der Waals surface area contributed by atoms with Crippen LogP contribution in [0.15, 0.2) is 59.3 Å². The van der Waals surface area contributed by atoms with Crippen molar-refractivity contribution in [2.75, 3.05) is 11.9 Å². The second-order valence-electron chi connectivity index (χ2n) is 5.22. The molecule has 0 heterocycles. The van der Waals surface area contributed by atoms with Gasteiger partial charge in [0.25, 0.3) is 0 Å². The van der Waals surface area contributed by atoms with Crippen LogP contribution in [-0.2, 0) is 4.79 Å². The number of allylic oxidation sites excluding steroid dienone is 2. The summed E-state index contributed by atoms with van der Waals surface area (Å²) in [6.07, 6.45) is 0. The molecule has 0 aliphatic heterocycles. The Morgan fingerprint density at radius 1 is 1.00 bits per heavy atom. The van der Waals surface area contributed by atoms with Crippen molar-refractivity contribution in [2.24, 2.45) is 0 Å². The third kappa shape index (κ3) is 3.39. The van der Waals surface area contributed by atoms with Crippen LogP contribution in [0, 0.1) is 0 Å². The molecule has 0 amide bonds. The molecular formula is C18H12ClNO5. The van der Waals surface area contributed by atoms with Gasteiger partial charge in [0.15, 0.2) is 6.61 Å². The molecule has 2 aromatic carbocycles. The fourth-order valence-corrected chi connectivity index (χ4v) is 2.62. The summed E-state index contributed by atoms with van der Waals surface area (Å²) in [6.45, 7) is -0.451. The minimum atomic E-state index is -1.08. The molecule has 0 unspecified atom stereocenters. The maximum absolute atomic E-state index is 12.6. The zero-order valence-corrected chi connectivity index (χ0v) is 13.5. The highest BCUT2D eigenvalue weighted by Gasteiger charge is 2.31. The predicted octanol–water partition coefficient (Wildman–Crippen LogP) is 3.09. The maximum Gasteiger partial charge on any atom is 0.341 e. The van der Waals surface area contributed by atoms with Crippen molar-refractivity contribution in [3.63, 3.8) is 0 Å². The summed E-state index contributed by atoms with van der Waals surface area (Å²) >= 11 is 6.08.